The number of fused-ring (bicyclic) bond motifs is 6. The van der Waals surface area contributed by atoms with Crippen molar-refractivity contribution < 1.29 is 18.5 Å². The number of methoxy groups -OCH3 is 2. The summed E-state index contributed by atoms with van der Waals surface area (Å²) >= 11 is 19.1. The Balaban J connectivity index is 0.000000196. The summed E-state index contributed by atoms with van der Waals surface area (Å²) in [4.78, 5) is 35.5. The second kappa shape index (κ2) is 30.4. The van der Waals surface area contributed by atoms with Gasteiger partial charge in [0.05, 0.1) is 64.2 Å². The van der Waals surface area contributed by atoms with Gasteiger partial charge in [0.2, 0.25) is 0 Å². The number of hydrogen-bond acceptors (Lipinski definition) is 17. The predicted octanol–water partition coefficient (Wildman–Crippen LogP) is 13.6. The summed E-state index contributed by atoms with van der Waals surface area (Å²) in [6.07, 6.45) is 0.709. The first kappa shape index (κ1) is 68.5. The number of benzene rings is 2. The third-order valence-electron chi connectivity index (χ3n) is 12.0. The van der Waals surface area contributed by atoms with E-state index in [9.17, 15) is 0 Å². The van der Waals surface area contributed by atoms with Crippen LogP contribution in [0.3, 0.4) is 0 Å². The van der Waals surface area contributed by atoms with E-state index in [1.165, 1.54) is 22.6 Å². The minimum absolute atomic E-state index is 0. The van der Waals surface area contributed by atoms with E-state index in [2.05, 4.69) is 95.8 Å². The molecule has 0 spiro atoms. The van der Waals surface area contributed by atoms with E-state index in [0.29, 0.717) is 23.0 Å². The quantitative estimate of drug-likeness (QED) is 0.132. The number of H-pyrrole nitrogens is 2. The van der Waals surface area contributed by atoms with Gasteiger partial charge in [-0.3, -0.25) is 0 Å². The number of thiazole rings is 2. The number of nitrogens with zero attached hydrogens (tertiary/aromatic N) is 8. The molecule has 0 amide bonds. The van der Waals surface area contributed by atoms with Crippen LogP contribution in [0.4, 0.5) is 5.00 Å². The molecule has 4 N–H and O–H groups in total. The molecule has 10 rings (SSSR count). The average molecular weight is 1420 g/mol. The number of nitrogens with two attached hydrogens (primary N) is 1. The Morgan fingerprint density at radius 3 is 1.37 bits per heavy atom. The van der Waals surface area contributed by atoms with Gasteiger partial charge in [-0.05, 0) is 79.7 Å². The minimum atomic E-state index is 0. The lowest BCUT2D eigenvalue weighted by Gasteiger charge is -2.13. The normalized spacial score (nSPS) is 11.0. The molecule has 8 heterocycles. The van der Waals surface area contributed by atoms with E-state index < -0.39 is 0 Å². The van der Waals surface area contributed by atoms with Crippen LogP contribution in [0.15, 0.2) is 33.3 Å². The van der Waals surface area contributed by atoms with Crippen LogP contribution in [0, 0.1) is 55.4 Å². The third-order valence-corrected chi connectivity index (χ3v) is 37.5. The molecular formula is C52H62ClN11O4S15. The van der Waals surface area contributed by atoms with E-state index in [4.69, 9.17) is 73.2 Å². The van der Waals surface area contributed by atoms with Crippen molar-refractivity contribution in [2.45, 2.75) is 122 Å². The highest BCUT2D eigenvalue weighted by atomic mass is 35.5. The van der Waals surface area contributed by atoms with E-state index in [0.717, 1.165) is 133 Å². The number of rotatable bonds is 6. The smallest absolute Gasteiger partial charge is 0.143 e. The Morgan fingerprint density at radius 2 is 0.988 bits per heavy atom. The summed E-state index contributed by atoms with van der Waals surface area (Å²) in [5.74, 6) is 4.35. The molecule has 0 fully saturated rings. The standard InChI is InChI=1S/C26H29N5O2S.C17H15ClN4O2.C8H14N2S.CH4.S13/c1-12-21(34-25(27-12)26(5,6)7)11-19-23-16-10-20(32-8)17(22-13(2)31-33-14(22)3)9-18(16)30-24(23)29-15(4)28-19;1-7-14(8(2)24-22-7)11-5-12-10(6-13(11)23-4)15-16(18)19-9(3)20-17(15)21-12;1-5-6(9)11-7(10-5)8(2,3)4;;1-3-5-7-9-11-13-12-10-8-6-4-2/h9-10H,11H2,1-8H3,(H,28,29,30);5-6H,1-4H3,(H,19,20,21);9H2,1-4H3;1H4;. The van der Waals surface area contributed by atoms with Crippen LogP contribution < -0.4 is 15.2 Å². The van der Waals surface area contributed by atoms with Crippen molar-refractivity contribution in [2.75, 3.05) is 20.0 Å². The van der Waals surface area contributed by atoms with Crippen LogP contribution in [0.25, 0.3) is 66.1 Å². The van der Waals surface area contributed by atoms with E-state index in [1.54, 1.807) is 117 Å². The van der Waals surface area contributed by atoms with Gasteiger partial charge in [-0.15, -0.1) is 22.7 Å². The molecule has 0 bridgehead atoms. The SMILES string of the molecule is C.COc1cc2c(cc1-c1c(C)noc1C)[nH]c1nc(C)nc(Cc3sc(C(C)(C)C)nc3C)c12.COc1cc2c(cc1-c1c(C)noc1C)[nH]c1nc(C)nc(Cl)c12.Cc1nc(C(C)(C)C)sc1N.S=S=S=S=S=S=S=S=S=S=S=S=S. The Labute approximate surface area is 537 Å². The molecule has 0 unspecified atom stereocenters. The third kappa shape index (κ3) is 16.9. The van der Waals surface area contributed by atoms with Crippen molar-refractivity contribution in [1.29, 1.82) is 0 Å². The average Bonchev–Trinajstić information content (AvgIpc) is 3.97. The molecule has 15 nitrogen and oxygen atoms in total. The van der Waals surface area contributed by atoms with Gasteiger partial charge in [0.1, 0.15) is 61.1 Å². The largest absolute Gasteiger partial charge is 0.496 e. The monoisotopic (exact) mass is 1420 g/mol. The van der Waals surface area contributed by atoms with Crippen molar-refractivity contribution in [3.63, 3.8) is 0 Å². The summed E-state index contributed by atoms with van der Waals surface area (Å²) in [5, 5.41) is 15.5. The molecule has 0 aliphatic rings. The zero-order valence-electron chi connectivity index (χ0n) is 47.3. The van der Waals surface area contributed by atoms with Crippen molar-refractivity contribution in [3.05, 3.63) is 95.9 Å². The fourth-order valence-corrected chi connectivity index (χ4v) is 35.4. The number of hydrogen-bond donors (Lipinski definition) is 3. The number of aromatic amines is 2. The summed E-state index contributed by atoms with van der Waals surface area (Å²) in [6.45, 7) is 28.5. The zero-order valence-corrected chi connectivity index (χ0v) is 60.3. The molecule has 31 heteroatoms. The lowest BCUT2D eigenvalue weighted by atomic mass is 9.98. The van der Waals surface area contributed by atoms with E-state index >= 15 is 0 Å². The number of ether oxygens (including phenoxy) is 2. The molecule has 8 aromatic heterocycles. The number of anilines is 1. The highest BCUT2D eigenvalue weighted by molar-refractivity contribution is 8.75. The molecular weight excluding hydrogens is 1360 g/mol. The van der Waals surface area contributed by atoms with Crippen molar-refractivity contribution in [3.8, 4) is 33.8 Å². The van der Waals surface area contributed by atoms with Gasteiger partial charge in [-0.1, -0.05) is 70.9 Å². The van der Waals surface area contributed by atoms with Crippen LogP contribution >= 0.6 is 34.3 Å². The first-order valence-corrected chi connectivity index (χ1v) is 42.5. The van der Waals surface area contributed by atoms with Gasteiger partial charge >= 0.3 is 0 Å². The van der Waals surface area contributed by atoms with Crippen molar-refractivity contribution in [1.82, 2.24) is 50.2 Å². The van der Waals surface area contributed by atoms with Crippen molar-refractivity contribution >= 4 is 203 Å². The molecule has 83 heavy (non-hydrogen) atoms. The molecule has 0 saturated heterocycles. The van der Waals surface area contributed by atoms with Gasteiger partial charge in [-0.25, -0.2) is 29.9 Å². The number of nitrogen functional groups attached to an aromatic ring is 1. The topological polar surface area (TPSA) is 205 Å². The summed E-state index contributed by atoms with van der Waals surface area (Å²) in [6, 6.07) is 8.11. The van der Waals surface area contributed by atoms with Gasteiger partial charge in [-0.2, -0.15) is 0 Å². The lowest BCUT2D eigenvalue weighted by molar-refractivity contribution is 0.393. The minimum Gasteiger partial charge on any atom is -0.496 e. The molecule has 0 atom stereocenters. The molecule has 446 valence electrons. The van der Waals surface area contributed by atoms with E-state index in [1.807, 2.05) is 60.6 Å². The summed E-state index contributed by atoms with van der Waals surface area (Å²) < 4.78 is 22.1. The Morgan fingerprint density at radius 1 is 0.566 bits per heavy atom. The maximum atomic E-state index is 6.33. The zero-order chi connectivity index (χ0) is 59.8. The van der Waals surface area contributed by atoms with Crippen LogP contribution in [0.5, 0.6) is 11.5 Å². The number of halogens is 1. The molecule has 0 aliphatic heterocycles. The van der Waals surface area contributed by atoms with Crippen molar-refractivity contribution in [2.24, 2.45) is 0 Å². The van der Waals surface area contributed by atoms with Gasteiger partial charge in [0.15, 0.2) is 0 Å². The van der Waals surface area contributed by atoms with Gasteiger partial charge < -0.3 is 34.2 Å². The number of aryl methyl sites for hydroxylation is 8. The Kier molecular flexibility index (Phi) is 25.1. The first-order valence-electron chi connectivity index (χ1n) is 24.4. The number of aromatic nitrogens is 10. The fraction of sp³-hybridized carbons (Fsp3) is 0.385. The number of nitrogens with one attached hydrogen (secondary N) is 2. The maximum absolute atomic E-state index is 6.33. The van der Waals surface area contributed by atoms with Crippen LogP contribution in [0.2, 0.25) is 5.15 Å². The summed E-state index contributed by atoms with van der Waals surface area (Å²) in [7, 11) is 21.4. The molecule has 10 aromatic rings. The highest BCUT2D eigenvalue weighted by Crippen LogP contribution is 2.43. The predicted molar refractivity (Wildman–Crippen MR) is 381 cm³/mol. The van der Waals surface area contributed by atoms with Crippen LogP contribution in [-0.4, -0.2) is 64.4 Å². The Hall–Kier alpha value is -3.57. The second-order valence-corrected chi connectivity index (χ2v) is 41.9. The maximum Gasteiger partial charge on any atom is 0.143 e. The lowest BCUT2D eigenvalue weighted by Crippen LogP contribution is -2.10. The van der Waals surface area contributed by atoms with Crippen LogP contribution in [0.1, 0.15) is 116 Å². The van der Waals surface area contributed by atoms with Gasteiger partial charge in [0.25, 0.3) is 0 Å². The van der Waals surface area contributed by atoms with Gasteiger partial charge in [0, 0.05) is 181 Å². The first-order chi connectivity index (χ1) is 38.9. The van der Waals surface area contributed by atoms with E-state index in [-0.39, 0.29) is 18.3 Å². The van der Waals surface area contributed by atoms with Crippen LogP contribution in [-0.2, 0) is 137 Å². The fourth-order valence-electron chi connectivity index (χ4n) is 8.39. The molecule has 0 aliphatic carbocycles. The highest BCUT2D eigenvalue weighted by Gasteiger charge is 2.25. The summed E-state index contributed by atoms with van der Waals surface area (Å²) in [5.41, 5.74) is 17.7. The second-order valence-electron chi connectivity index (χ2n) is 20.0. The molecule has 0 radical (unpaired) electrons. The molecule has 0 saturated carbocycles. The molecule has 2 aromatic carbocycles. The Bertz CT molecular complexity index is 4470.